The van der Waals surface area contributed by atoms with Crippen LogP contribution in [-0.4, -0.2) is 72.6 Å². The van der Waals surface area contributed by atoms with Gasteiger partial charge in [0.2, 0.25) is 0 Å². The number of carbonyl (C=O) groups excluding carboxylic acids is 2. The van der Waals surface area contributed by atoms with Gasteiger partial charge in [-0.3, -0.25) is 14.6 Å². The van der Waals surface area contributed by atoms with E-state index in [1.807, 2.05) is 26.0 Å². The molecule has 1 aliphatic heterocycles. The summed E-state index contributed by atoms with van der Waals surface area (Å²) >= 11 is 12.4. The average molecular weight is 561 g/mol. The molecule has 0 spiro atoms. The van der Waals surface area contributed by atoms with Crippen LogP contribution in [0.3, 0.4) is 0 Å². The Labute approximate surface area is 232 Å². The third-order valence-electron chi connectivity index (χ3n) is 6.08. The molecule has 0 saturated carbocycles. The van der Waals surface area contributed by atoms with Gasteiger partial charge in [0.05, 0.1) is 40.3 Å². The van der Waals surface area contributed by atoms with Gasteiger partial charge < -0.3 is 20.4 Å². The molecular formula is C26H33Cl2N8O2+. The van der Waals surface area contributed by atoms with Gasteiger partial charge >= 0.3 is 0 Å². The molecule has 3 rings (SSSR count). The van der Waals surface area contributed by atoms with Crippen LogP contribution in [0.1, 0.15) is 47.8 Å². The zero-order chi connectivity index (χ0) is 28.3. The molecule has 4 N–H and O–H groups in total. The smallest absolute Gasteiger partial charge is 0.275 e. The molecule has 38 heavy (non-hydrogen) atoms. The Kier molecular flexibility index (Phi) is 8.91. The van der Waals surface area contributed by atoms with Crippen molar-refractivity contribution in [1.29, 1.82) is 5.53 Å². The first-order valence-corrected chi connectivity index (χ1v) is 12.7. The van der Waals surface area contributed by atoms with Crippen LogP contribution < -0.4 is 11.1 Å². The molecule has 0 saturated heterocycles. The number of amides is 2. The van der Waals surface area contributed by atoms with Crippen molar-refractivity contribution in [3.05, 3.63) is 69.2 Å². The Hall–Kier alpha value is -3.34. The van der Waals surface area contributed by atoms with Gasteiger partial charge in [-0.15, -0.1) is 5.10 Å². The van der Waals surface area contributed by atoms with E-state index in [0.717, 1.165) is 12.1 Å². The zero-order valence-electron chi connectivity index (χ0n) is 22.1. The molecule has 0 aliphatic carbocycles. The molecule has 2 aromatic rings. The molecule has 0 aromatic heterocycles. The topological polar surface area (TPSA) is 136 Å². The molecule has 0 fully saturated rings. The number of nitrogens with one attached hydrogen (secondary N) is 2. The van der Waals surface area contributed by atoms with Gasteiger partial charge in [0, 0.05) is 27.6 Å². The number of amidine groups is 1. The van der Waals surface area contributed by atoms with Gasteiger partial charge in [0.15, 0.2) is 0 Å². The third-order valence-corrected chi connectivity index (χ3v) is 6.52. The summed E-state index contributed by atoms with van der Waals surface area (Å²) in [6.07, 6.45) is 0.674. The second-order valence-corrected chi connectivity index (χ2v) is 11.5. The summed E-state index contributed by atoms with van der Waals surface area (Å²) < 4.78 is 0.713. The molecule has 0 radical (unpaired) electrons. The van der Waals surface area contributed by atoms with E-state index < -0.39 is 5.66 Å². The number of nitrogens with two attached hydrogens (primary N) is 1. The minimum atomic E-state index is -0.827. The fourth-order valence-electron chi connectivity index (χ4n) is 4.32. The number of rotatable bonds is 10. The molecule has 12 heteroatoms. The minimum absolute atomic E-state index is 0.0249. The lowest BCUT2D eigenvalue weighted by atomic mass is 9.97. The lowest BCUT2D eigenvalue weighted by Crippen LogP contribution is -2.47. The predicted molar refractivity (Wildman–Crippen MR) is 150 cm³/mol. The second kappa shape index (κ2) is 11.6. The minimum Gasteiger partial charge on any atom is -0.384 e. The molecule has 1 heterocycles. The van der Waals surface area contributed by atoms with Crippen molar-refractivity contribution in [1.82, 2.24) is 10.2 Å². The standard InChI is InChI=1S/C26H32Cl2N8O2/c1-26(2)32-23(18-12-19(27)14-20(28)13-18)25(38)35(26)21(10-11-36(3,4)5)16-6-8-17(9-7-16)24(37)31-15-22(29)33-34-30/h6-9,12-14,21H,10-11,15H2,1-5H3,(H3-,29,30,31,33,37)/p+1. The van der Waals surface area contributed by atoms with Crippen LogP contribution in [0.4, 0.5) is 0 Å². The third kappa shape index (κ3) is 7.15. The van der Waals surface area contributed by atoms with Crippen molar-refractivity contribution in [3.8, 4) is 0 Å². The maximum Gasteiger partial charge on any atom is 0.275 e. The lowest BCUT2D eigenvalue weighted by Gasteiger charge is -2.38. The first-order valence-electron chi connectivity index (χ1n) is 12.0. The van der Waals surface area contributed by atoms with Gasteiger partial charge in [-0.25, -0.2) is 0 Å². The summed E-state index contributed by atoms with van der Waals surface area (Å²) in [6.45, 7) is 4.57. The summed E-state index contributed by atoms with van der Waals surface area (Å²) in [6, 6.07) is 11.8. The van der Waals surface area contributed by atoms with Gasteiger partial charge in [-0.2, -0.15) is 5.53 Å². The highest BCUT2D eigenvalue weighted by atomic mass is 35.5. The molecule has 1 aliphatic rings. The Morgan fingerprint density at radius 2 is 1.76 bits per heavy atom. The van der Waals surface area contributed by atoms with E-state index in [-0.39, 0.29) is 30.2 Å². The van der Waals surface area contributed by atoms with Crippen molar-refractivity contribution in [3.63, 3.8) is 0 Å². The van der Waals surface area contributed by atoms with Crippen molar-refractivity contribution in [2.24, 2.45) is 21.1 Å². The first-order chi connectivity index (χ1) is 17.7. The lowest BCUT2D eigenvalue weighted by molar-refractivity contribution is -0.870. The Morgan fingerprint density at radius 1 is 1.16 bits per heavy atom. The van der Waals surface area contributed by atoms with E-state index in [1.54, 1.807) is 35.2 Å². The van der Waals surface area contributed by atoms with E-state index in [9.17, 15) is 9.59 Å². The predicted octanol–water partition coefficient (Wildman–Crippen LogP) is 4.23. The van der Waals surface area contributed by atoms with Crippen molar-refractivity contribution in [2.45, 2.75) is 32.0 Å². The van der Waals surface area contributed by atoms with Crippen molar-refractivity contribution in [2.75, 3.05) is 34.2 Å². The number of aliphatic imine (C=N–C) groups is 1. The molecular weight excluding hydrogens is 527 g/mol. The van der Waals surface area contributed by atoms with Crippen LogP contribution in [0.15, 0.2) is 57.8 Å². The SMILES string of the molecule is CC1(C)N=C(c2cc(Cl)cc(Cl)c2)C(=O)N1C(CC[N+](C)(C)C)c1ccc(C(=O)NCC(N)=NN=N)cc1. The highest BCUT2D eigenvalue weighted by molar-refractivity contribution is 6.47. The first kappa shape index (κ1) is 29.2. The fraction of sp³-hybridized carbons (Fsp3) is 0.385. The summed E-state index contributed by atoms with van der Waals surface area (Å²) in [5, 5.41) is 9.72. The molecule has 2 amide bonds. The quantitative estimate of drug-likeness (QED) is 0.132. The maximum absolute atomic E-state index is 13.9. The van der Waals surface area contributed by atoms with Crippen LogP contribution in [0, 0.1) is 5.53 Å². The molecule has 10 nitrogen and oxygen atoms in total. The van der Waals surface area contributed by atoms with E-state index >= 15 is 0 Å². The summed E-state index contributed by atoms with van der Waals surface area (Å²) in [4.78, 5) is 33.0. The van der Waals surface area contributed by atoms with E-state index in [0.29, 0.717) is 37.8 Å². The number of hydrogen-bond acceptors (Lipinski definition) is 5. The molecule has 1 unspecified atom stereocenters. The summed E-state index contributed by atoms with van der Waals surface area (Å²) in [5.74, 6) is -0.531. The Morgan fingerprint density at radius 3 is 2.32 bits per heavy atom. The van der Waals surface area contributed by atoms with E-state index in [1.165, 1.54) is 0 Å². The highest BCUT2D eigenvalue weighted by Crippen LogP contribution is 2.38. The van der Waals surface area contributed by atoms with Gasteiger partial charge in [0.25, 0.3) is 11.8 Å². The largest absolute Gasteiger partial charge is 0.384 e. The van der Waals surface area contributed by atoms with Crippen LogP contribution in [-0.2, 0) is 4.79 Å². The number of hydrogen-bond donors (Lipinski definition) is 3. The molecule has 1 atom stereocenters. The van der Waals surface area contributed by atoms with Crippen LogP contribution >= 0.6 is 23.2 Å². The number of benzene rings is 2. The average Bonchev–Trinajstić information content (AvgIpc) is 3.06. The maximum atomic E-state index is 13.9. The monoisotopic (exact) mass is 559 g/mol. The van der Waals surface area contributed by atoms with Crippen LogP contribution in [0.5, 0.6) is 0 Å². The fourth-order valence-corrected chi connectivity index (χ4v) is 4.85. The van der Waals surface area contributed by atoms with Crippen LogP contribution in [0.25, 0.3) is 0 Å². The van der Waals surface area contributed by atoms with Crippen molar-refractivity contribution >= 4 is 46.6 Å². The van der Waals surface area contributed by atoms with Gasteiger partial charge in [-0.05, 0) is 49.7 Å². The Bertz CT molecular complexity index is 1260. The molecule has 2 aromatic carbocycles. The van der Waals surface area contributed by atoms with E-state index in [2.05, 4.69) is 36.8 Å². The van der Waals surface area contributed by atoms with Gasteiger partial charge in [0.1, 0.15) is 17.2 Å². The Balaban J connectivity index is 1.93. The molecule has 0 bridgehead atoms. The second-order valence-electron chi connectivity index (χ2n) is 10.6. The number of carbonyl (C=O) groups is 2. The number of quaternary nitrogens is 1. The number of halogens is 2. The highest BCUT2D eigenvalue weighted by Gasteiger charge is 2.45. The molecule has 202 valence electrons. The number of nitrogens with zero attached hydrogens (tertiary/aromatic N) is 5. The van der Waals surface area contributed by atoms with Crippen LogP contribution in [0.2, 0.25) is 10.0 Å². The van der Waals surface area contributed by atoms with E-state index in [4.69, 9.17) is 39.5 Å². The van der Waals surface area contributed by atoms with Crippen molar-refractivity contribution < 1.29 is 14.1 Å². The van der Waals surface area contributed by atoms with Gasteiger partial charge in [-0.1, -0.05) is 40.6 Å². The summed E-state index contributed by atoms with van der Waals surface area (Å²) in [7, 11) is 6.29. The summed E-state index contributed by atoms with van der Waals surface area (Å²) in [5.41, 5.74) is 13.6. The zero-order valence-corrected chi connectivity index (χ0v) is 23.6. The normalized spacial score (nSPS) is 16.3.